The van der Waals surface area contributed by atoms with Gasteiger partial charge in [0, 0.05) is 25.0 Å². The van der Waals surface area contributed by atoms with Crippen molar-refractivity contribution in [1.29, 1.82) is 0 Å². The highest BCUT2D eigenvalue weighted by Crippen LogP contribution is 2.15. The number of nitrogens with one attached hydrogen (secondary N) is 1. The molecule has 0 unspecified atom stereocenters. The molecule has 1 aromatic rings. The summed E-state index contributed by atoms with van der Waals surface area (Å²) in [5.41, 5.74) is 0.465. The smallest absolute Gasteiger partial charge is 0.224 e. The number of carbonyl (C=O) groups excluding carboxylic acids is 1. The Morgan fingerprint density at radius 3 is 2.67 bits per heavy atom. The Labute approximate surface area is 107 Å². The van der Waals surface area contributed by atoms with E-state index in [9.17, 15) is 13.2 Å². The number of unbranched alkanes of at least 4 members (excludes halogenated alkanes) is 1. The van der Waals surface area contributed by atoms with E-state index in [2.05, 4.69) is 5.32 Å². The number of aliphatic hydroxyl groups excluding tert-OH is 1. The summed E-state index contributed by atoms with van der Waals surface area (Å²) in [5, 5.41) is 11.2. The molecule has 0 saturated carbocycles. The van der Waals surface area contributed by atoms with E-state index in [1.54, 1.807) is 12.1 Å². The number of sulfone groups is 1. The van der Waals surface area contributed by atoms with Crippen LogP contribution in [0.4, 0.5) is 5.69 Å². The van der Waals surface area contributed by atoms with Gasteiger partial charge in [0.15, 0.2) is 9.84 Å². The van der Waals surface area contributed by atoms with Gasteiger partial charge < -0.3 is 10.4 Å². The lowest BCUT2D eigenvalue weighted by Crippen LogP contribution is -2.11. The maximum Gasteiger partial charge on any atom is 0.224 e. The van der Waals surface area contributed by atoms with Gasteiger partial charge in [-0.3, -0.25) is 4.79 Å². The van der Waals surface area contributed by atoms with Crippen LogP contribution in [0, 0.1) is 0 Å². The molecule has 1 aromatic carbocycles. The molecule has 0 fully saturated rings. The van der Waals surface area contributed by atoms with Crippen LogP contribution >= 0.6 is 0 Å². The Hall–Kier alpha value is -1.40. The van der Waals surface area contributed by atoms with Crippen LogP contribution in [-0.4, -0.2) is 32.3 Å². The average molecular weight is 271 g/mol. The summed E-state index contributed by atoms with van der Waals surface area (Å²) in [7, 11) is -3.27. The first-order valence-electron chi connectivity index (χ1n) is 5.64. The summed E-state index contributed by atoms with van der Waals surface area (Å²) in [5.74, 6) is -0.186. The minimum Gasteiger partial charge on any atom is -0.396 e. The van der Waals surface area contributed by atoms with E-state index in [1.165, 1.54) is 12.1 Å². The number of hydrogen-bond acceptors (Lipinski definition) is 4. The molecule has 0 aliphatic heterocycles. The molecule has 0 aromatic heterocycles. The Kier molecular flexibility index (Phi) is 5.30. The van der Waals surface area contributed by atoms with Crippen LogP contribution in [0.2, 0.25) is 0 Å². The number of aliphatic hydroxyl groups is 1. The summed E-state index contributed by atoms with van der Waals surface area (Å²) in [4.78, 5) is 11.7. The van der Waals surface area contributed by atoms with Crippen molar-refractivity contribution >= 4 is 21.4 Å². The standard InChI is InChI=1S/C12H17NO4S/c1-18(16,17)11-6-4-5-10(9-11)13-12(15)7-2-3-8-14/h4-6,9,14H,2-3,7-8H2,1H3,(H,13,15). The third-order valence-corrected chi connectivity index (χ3v) is 3.47. The van der Waals surface area contributed by atoms with Gasteiger partial charge in [0.25, 0.3) is 0 Å². The van der Waals surface area contributed by atoms with Crippen molar-refractivity contribution in [3.63, 3.8) is 0 Å². The molecule has 5 nitrogen and oxygen atoms in total. The molecule has 0 saturated heterocycles. The Balaban J connectivity index is 2.65. The maximum atomic E-state index is 11.5. The normalized spacial score (nSPS) is 11.2. The third-order valence-electron chi connectivity index (χ3n) is 2.36. The van der Waals surface area contributed by atoms with Crippen LogP contribution in [0.15, 0.2) is 29.2 Å². The number of amides is 1. The second-order valence-corrected chi connectivity index (χ2v) is 6.04. The van der Waals surface area contributed by atoms with Crippen molar-refractivity contribution in [3.05, 3.63) is 24.3 Å². The van der Waals surface area contributed by atoms with Crippen molar-refractivity contribution < 1.29 is 18.3 Å². The summed E-state index contributed by atoms with van der Waals surface area (Å²) >= 11 is 0. The largest absolute Gasteiger partial charge is 0.396 e. The predicted octanol–water partition coefficient (Wildman–Crippen LogP) is 1.19. The van der Waals surface area contributed by atoms with Gasteiger partial charge in [-0.1, -0.05) is 6.07 Å². The number of hydrogen-bond donors (Lipinski definition) is 2. The minimum absolute atomic E-state index is 0.0663. The molecule has 0 bridgehead atoms. The van der Waals surface area contributed by atoms with Gasteiger partial charge in [0.1, 0.15) is 0 Å². The van der Waals surface area contributed by atoms with E-state index in [1.807, 2.05) is 0 Å². The molecule has 0 aliphatic carbocycles. The van der Waals surface area contributed by atoms with Gasteiger partial charge in [0.05, 0.1) is 4.90 Å². The van der Waals surface area contributed by atoms with E-state index in [4.69, 9.17) is 5.11 Å². The quantitative estimate of drug-likeness (QED) is 0.761. The molecule has 6 heteroatoms. The van der Waals surface area contributed by atoms with Gasteiger partial charge in [-0.25, -0.2) is 8.42 Å². The Morgan fingerprint density at radius 2 is 2.06 bits per heavy atom. The number of carbonyl (C=O) groups is 1. The van der Waals surface area contributed by atoms with Gasteiger partial charge in [0.2, 0.25) is 5.91 Å². The van der Waals surface area contributed by atoms with Crippen molar-refractivity contribution in [2.45, 2.75) is 24.2 Å². The highest BCUT2D eigenvalue weighted by Gasteiger charge is 2.08. The summed E-state index contributed by atoms with van der Waals surface area (Å²) in [6, 6.07) is 6.13. The van der Waals surface area contributed by atoms with Crippen molar-refractivity contribution in [1.82, 2.24) is 0 Å². The summed E-state index contributed by atoms with van der Waals surface area (Å²) in [6.07, 6.45) is 2.61. The van der Waals surface area contributed by atoms with E-state index in [0.717, 1.165) is 6.26 Å². The fourth-order valence-corrected chi connectivity index (χ4v) is 2.09. The average Bonchev–Trinajstić information content (AvgIpc) is 2.28. The SMILES string of the molecule is CS(=O)(=O)c1cccc(NC(=O)CCCCO)c1. The van der Waals surface area contributed by atoms with Crippen molar-refractivity contribution in [2.24, 2.45) is 0 Å². The molecule has 0 atom stereocenters. The lowest BCUT2D eigenvalue weighted by atomic mass is 10.2. The fraction of sp³-hybridized carbons (Fsp3) is 0.417. The van der Waals surface area contributed by atoms with Gasteiger partial charge in [-0.2, -0.15) is 0 Å². The van der Waals surface area contributed by atoms with Crippen molar-refractivity contribution in [3.8, 4) is 0 Å². The van der Waals surface area contributed by atoms with E-state index in [0.29, 0.717) is 24.9 Å². The van der Waals surface area contributed by atoms with Crippen LogP contribution < -0.4 is 5.32 Å². The van der Waals surface area contributed by atoms with Gasteiger partial charge in [-0.05, 0) is 31.0 Å². The van der Waals surface area contributed by atoms with Crippen molar-refractivity contribution in [2.75, 3.05) is 18.2 Å². The molecule has 0 spiro atoms. The highest BCUT2D eigenvalue weighted by molar-refractivity contribution is 7.90. The predicted molar refractivity (Wildman–Crippen MR) is 69.1 cm³/mol. The number of rotatable bonds is 6. The first-order valence-corrected chi connectivity index (χ1v) is 7.53. The monoisotopic (exact) mass is 271 g/mol. The Morgan fingerprint density at radius 1 is 1.33 bits per heavy atom. The van der Waals surface area contributed by atoms with E-state index in [-0.39, 0.29) is 17.4 Å². The summed E-state index contributed by atoms with van der Waals surface area (Å²) < 4.78 is 22.7. The van der Waals surface area contributed by atoms with Crippen LogP contribution in [0.5, 0.6) is 0 Å². The minimum atomic E-state index is -3.27. The first-order chi connectivity index (χ1) is 8.43. The van der Waals surface area contributed by atoms with E-state index >= 15 is 0 Å². The zero-order valence-electron chi connectivity index (χ0n) is 10.2. The Bertz CT molecular complexity index is 511. The number of benzene rings is 1. The molecular weight excluding hydrogens is 254 g/mol. The van der Waals surface area contributed by atoms with Crippen LogP contribution in [-0.2, 0) is 14.6 Å². The second kappa shape index (κ2) is 6.51. The number of anilines is 1. The molecule has 100 valence electrons. The van der Waals surface area contributed by atoms with Gasteiger partial charge in [-0.15, -0.1) is 0 Å². The molecule has 1 rings (SSSR count). The third kappa shape index (κ3) is 4.85. The molecule has 18 heavy (non-hydrogen) atoms. The lowest BCUT2D eigenvalue weighted by Gasteiger charge is -2.06. The first kappa shape index (κ1) is 14.7. The summed E-state index contributed by atoms with van der Waals surface area (Å²) in [6.45, 7) is 0.0663. The van der Waals surface area contributed by atoms with Gasteiger partial charge >= 0.3 is 0 Å². The molecule has 1 amide bonds. The van der Waals surface area contributed by atoms with Crippen LogP contribution in [0.3, 0.4) is 0 Å². The zero-order valence-corrected chi connectivity index (χ0v) is 11.0. The van der Waals surface area contributed by atoms with Crippen LogP contribution in [0.25, 0.3) is 0 Å². The highest BCUT2D eigenvalue weighted by atomic mass is 32.2. The topological polar surface area (TPSA) is 83.5 Å². The molecule has 2 N–H and O–H groups in total. The zero-order chi connectivity index (χ0) is 13.6. The maximum absolute atomic E-state index is 11.5. The second-order valence-electron chi connectivity index (χ2n) is 4.03. The lowest BCUT2D eigenvalue weighted by molar-refractivity contribution is -0.116. The van der Waals surface area contributed by atoms with E-state index < -0.39 is 9.84 Å². The molecule has 0 aliphatic rings. The molecule has 0 radical (unpaired) electrons. The van der Waals surface area contributed by atoms with Crippen LogP contribution in [0.1, 0.15) is 19.3 Å². The molecule has 0 heterocycles. The fourth-order valence-electron chi connectivity index (χ4n) is 1.43. The molecular formula is C12H17NO4S.